The summed E-state index contributed by atoms with van der Waals surface area (Å²) >= 11 is 5.90. The summed E-state index contributed by atoms with van der Waals surface area (Å²) < 4.78 is 68.8. The molecule has 9 heteroatoms. The molecule has 200 valence electrons. The number of rotatable bonds is 7. The molecule has 0 saturated heterocycles. The van der Waals surface area contributed by atoms with Crippen LogP contribution in [0.1, 0.15) is 22.3 Å². The Kier molecular flexibility index (Phi) is 7.23. The van der Waals surface area contributed by atoms with Gasteiger partial charge in [-0.3, -0.25) is 4.68 Å². The summed E-state index contributed by atoms with van der Waals surface area (Å²) in [4.78, 5) is 0. The molecule has 0 fully saturated rings. The lowest BCUT2D eigenvalue weighted by Crippen LogP contribution is -2.07. The molecular weight excluding hydrogens is 532 g/mol. The Bertz CT molecular complexity index is 1660. The van der Waals surface area contributed by atoms with Crippen molar-refractivity contribution in [1.29, 1.82) is 0 Å². The maximum absolute atomic E-state index is 14.7. The zero-order valence-electron chi connectivity index (χ0n) is 21.0. The molecule has 0 spiro atoms. The molecule has 0 radical (unpaired) electrons. The Balaban J connectivity index is 1.65. The van der Waals surface area contributed by atoms with Crippen LogP contribution in [0.4, 0.5) is 17.6 Å². The number of halogens is 5. The molecule has 1 heterocycles. The van der Waals surface area contributed by atoms with E-state index in [0.717, 1.165) is 17.2 Å². The van der Waals surface area contributed by atoms with Crippen LogP contribution < -0.4 is 9.47 Å². The van der Waals surface area contributed by atoms with Gasteiger partial charge in [0, 0.05) is 33.5 Å². The van der Waals surface area contributed by atoms with E-state index in [9.17, 15) is 17.6 Å². The van der Waals surface area contributed by atoms with Crippen molar-refractivity contribution in [2.24, 2.45) is 0 Å². The standard InChI is InChI=1S/C30H23ClF4N2O2/c1-38-26-11-4-8-20(29(26)39-2)15-18-6-3-7-19(14-18)28-23-9-5-10-24(30(33,34)35)27(23)36-37(28)17-21-12-13-22(31)16-25(21)32/h3-14,16H,15,17H2,1-2H3. The lowest BCUT2D eigenvalue weighted by Gasteiger charge is -2.14. The van der Waals surface area contributed by atoms with Gasteiger partial charge in [0.25, 0.3) is 0 Å². The summed E-state index contributed by atoms with van der Waals surface area (Å²) in [7, 11) is 3.13. The van der Waals surface area contributed by atoms with Crippen LogP contribution in [0.3, 0.4) is 0 Å². The van der Waals surface area contributed by atoms with Gasteiger partial charge in [0.05, 0.1) is 32.0 Å². The zero-order valence-corrected chi connectivity index (χ0v) is 21.8. The van der Waals surface area contributed by atoms with Crippen LogP contribution in [-0.4, -0.2) is 24.0 Å². The third kappa shape index (κ3) is 5.29. The van der Waals surface area contributed by atoms with Crippen LogP contribution in [0.25, 0.3) is 22.2 Å². The van der Waals surface area contributed by atoms with E-state index in [1.54, 1.807) is 32.4 Å². The van der Waals surface area contributed by atoms with E-state index >= 15 is 0 Å². The van der Waals surface area contributed by atoms with Gasteiger partial charge >= 0.3 is 6.18 Å². The topological polar surface area (TPSA) is 36.3 Å². The zero-order chi connectivity index (χ0) is 27.7. The predicted octanol–water partition coefficient (Wildman–Crippen LogP) is 8.17. The molecule has 0 saturated carbocycles. The van der Waals surface area contributed by atoms with Crippen molar-refractivity contribution in [1.82, 2.24) is 9.78 Å². The van der Waals surface area contributed by atoms with Gasteiger partial charge in [-0.05, 0) is 35.9 Å². The summed E-state index contributed by atoms with van der Waals surface area (Å²) in [6, 6.07) is 21.2. The number of aromatic nitrogens is 2. The number of ether oxygens (including phenoxy) is 2. The molecule has 5 rings (SSSR count). The summed E-state index contributed by atoms with van der Waals surface area (Å²) in [6.07, 6.45) is -4.12. The van der Waals surface area contributed by atoms with Crippen molar-refractivity contribution in [3.63, 3.8) is 0 Å². The molecule has 39 heavy (non-hydrogen) atoms. The van der Waals surface area contributed by atoms with Gasteiger partial charge in [0.2, 0.25) is 0 Å². The maximum atomic E-state index is 14.7. The van der Waals surface area contributed by atoms with E-state index in [2.05, 4.69) is 5.10 Å². The number of para-hydroxylation sites is 1. The average Bonchev–Trinajstić information content (AvgIpc) is 3.27. The minimum Gasteiger partial charge on any atom is -0.493 e. The highest BCUT2D eigenvalue weighted by Gasteiger charge is 2.34. The largest absolute Gasteiger partial charge is 0.493 e. The summed E-state index contributed by atoms with van der Waals surface area (Å²) in [5.41, 5.74) is 2.07. The van der Waals surface area contributed by atoms with Crippen molar-refractivity contribution < 1.29 is 27.0 Å². The molecular formula is C30H23ClF4N2O2. The SMILES string of the molecule is COc1cccc(Cc2cccc(-c3c4cccc(C(F)(F)F)c4nn3Cc3ccc(Cl)cc3F)c2)c1OC. The van der Waals surface area contributed by atoms with Crippen molar-refractivity contribution in [2.45, 2.75) is 19.1 Å². The summed E-state index contributed by atoms with van der Waals surface area (Å²) in [5.74, 6) is 0.636. The molecule has 5 aromatic rings. The van der Waals surface area contributed by atoms with E-state index in [4.69, 9.17) is 21.1 Å². The molecule has 0 aliphatic carbocycles. The van der Waals surface area contributed by atoms with Gasteiger partial charge in [-0.25, -0.2) is 4.39 Å². The molecule has 1 aromatic heterocycles. The first-order chi connectivity index (χ1) is 18.7. The van der Waals surface area contributed by atoms with Crippen LogP contribution in [0.15, 0.2) is 78.9 Å². The number of alkyl halides is 3. The van der Waals surface area contributed by atoms with E-state index in [1.807, 2.05) is 30.3 Å². The van der Waals surface area contributed by atoms with Crippen LogP contribution in [0.5, 0.6) is 11.5 Å². The van der Waals surface area contributed by atoms with Crippen molar-refractivity contribution in [3.05, 3.63) is 112 Å². The van der Waals surface area contributed by atoms with Crippen LogP contribution >= 0.6 is 11.6 Å². The Hall–Kier alpha value is -4.04. The lowest BCUT2D eigenvalue weighted by molar-refractivity contribution is -0.136. The Morgan fingerprint density at radius 1 is 0.872 bits per heavy atom. The molecule has 4 nitrogen and oxygen atoms in total. The molecule has 0 amide bonds. The van der Waals surface area contributed by atoms with Crippen LogP contribution in [-0.2, 0) is 19.1 Å². The monoisotopic (exact) mass is 554 g/mol. The normalized spacial score (nSPS) is 11.7. The van der Waals surface area contributed by atoms with Crippen molar-refractivity contribution in [3.8, 4) is 22.8 Å². The Morgan fingerprint density at radius 3 is 2.36 bits per heavy atom. The maximum Gasteiger partial charge on any atom is 0.418 e. The Morgan fingerprint density at radius 2 is 1.64 bits per heavy atom. The smallest absolute Gasteiger partial charge is 0.418 e. The number of methoxy groups -OCH3 is 2. The summed E-state index contributed by atoms with van der Waals surface area (Å²) in [5, 5.41) is 4.88. The third-order valence-electron chi connectivity index (χ3n) is 6.49. The second-order valence-electron chi connectivity index (χ2n) is 8.97. The third-order valence-corrected chi connectivity index (χ3v) is 6.73. The fraction of sp³-hybridized carbons (Fsp3) is 0.167. The van der Waals surface area contributed by atoms with Gasteiger partial charge in [0.15, 0.2) is 11.5 Å². The van der Waals surface area contributed by atoms with Gasteiger partial charge in [-0.15, -0.1) is 0 Å². The lowest BCUT2D eigenvalue weighted by atomic mass is 9.99. The number of fused-ring (bicyclic) bond motifs is 1. The fourth-order valence-electron chi connectivity index (χ4n) is 4.75. The Labute approximate surface area is 227 Å². The molecule has 4 aromatic carbocycles. The van der Waals surface area contributed by atoms with E-state index in [-0.39, 0.29) is 22.6 Å². The van der Waals surface area contributed by atoms with Gasteiger partial charge < -0.3 is 9.47 Å². The number of benzene rings is 4. The van der Waals surface area contributed by atoms with Crippen LogP contribution in [0, 0.1) is 5.82 Å². The number of hydrogen-bond acceptors (Lipinski definition) is 3. The van der Waals surface area contributed by atoms with E-state index in [0.29, 0.717) is 34.6 Å². The van der Waals surface area contributed by atoms with Gasteiger partial charge in [-0.2, -0.15) is 18.3 Å². The second-order valence-corrected chi connectivity index (χ2v) is 9.41. The van der Waals surface area contributed by atoms with Crippen LogP contribution in [0.2, 0.25) is 5.02 Å². The van der Waals surface area contributed by atoms with Crippen molar-refractivity contribution in [2.75, 3.05) is 14.2 Å². The first kappa shape index (κ1) is 26.6. The minimum atomic E-state index is -4.60. The molecule has 0 bridgehead atoms. The second kappa shape index (κ2) is 10.6. The minimum absolute atomic E-state index is 0.0851. The highest BCUT2D eigenvalue weighted by Crippen LogP contribution is 2.39. The highest BCUT2D eigenvalue weighted by molar-refractivity contribution is 6.30. The predicted molar refractivity (Wildman–Crippen MR) is 143 cm³/mol. The fourth-order valence-corrected chi connectivity index (χ4v) is 4.91. The summed E-state index contributed by atoms with van der Waals surface area (Å²) in [6.45, 7) is -0.0851. The van der Waals surface area contributed by atoms with Gasteiger partial charge in [-0.1, -0.05) is 60.1 Å². The van der Waals surface area contributed by atoms with E-state index in [1.165, 1.54) is 28.9 Å². The van der Waals surface area contributed by atoms with E-state index < -0.39 is 17.6 Å². The van der Waals surface area contributed by atoms with Gasteiger partial charge in [0.1, 0.15) is 11.3 Å². The first-order valence-electron chi connectivity index (χ1n) is 12.0. The molecule has 0 N–H and O–H groups in total. The van der Waals surface area contributed by atoms with Crippen molar-refractivity contribution >= 4 is 22.5 Å². The quantitative estimate of drug-likeness (QED) is 0.190. The number of hydrogen-bond donors (Lipinski definition) is 0. The molecule has 0 atom stereocenters. The molecule has 0 aliphatic heterocycles. The number of nitrogens with zero attached hydrogens (tertiary/aromatic N) is 2. The highest BCUT2D eigenvalue weighted by atomic mass is 35.5. The molecule has 0 aliphatic rings. The average molecular weight is 555 g/mol. The first-order valence-corrected chi connectivity index (χ1v) is 12.4. The molecule has 0 unspecified atom stereocenters.